The molecule has 0 radical (unpaired) electrons. The van der Waals surface area contributed by atoms with Crippen LogP contribution in [0.15, 0.2) is 29.1 Å². The van der Waals surface area contributed by atoms with Crippen molar-refractivity contribution in [1.29, 1.82) is 0 Å². The maximum atomic E-state index is 13.3. The molecule has 0 atom stereocenters. The number of benzene rings is 1. The molecule has 0 bridgehead atoms. The Morgan fingerprint density at radius 1 is 1.00 bits per heavy atom. The molecule has 82 valence electrons. The monoisotopic (exact) mass is 226 g/mol. The highest BCUT2D eigenvalue weighted by Crippen LogP contribution is 2.23. The average Bonchev–Trinajstić information content (AvgIpc) is 2.28. The Balaban J connectivity index is 2.61. The van der Waals surface area contributed by atoms with Gasteiger partial charge in [0.15, 0.2) is 17.5 Å². The molecule has 1 aromatic carbocycles. The van der Waals surface area contributed by atoms with E-state index in [0.29, 0.717) is 0 Å². The maximum absolute atomic E-state index is 13.3. The van der Waals surface area contributed by atoms with Crippen LogP contribution < -0.4 is 5.56 Å². The predicted molar refractivity (Wildman–Crippen MR) is 50.2 cm³/mol. The first-order valence-electron chi connectivity index (χ1n) is 4.29. The number of rotatable bonds is 1. The third-order valence-electron chi connectivity index (χ3n) is 1.99. The first kappa shape index (κ1) is 10.4. The Bertz CT molecular complexity index is 575. The summed E-state index contributed by atoms with van der Waals surface area (Å²) >= 11 is 0. The molecule has 1 heterocycles. The van der Waals surface area contributed by atoms with Crippen molar-refractivity contribution in [1.82, 2.24) is 10.2 Å². The van der Waals surface area contributed by atoms with Crippen LogP contribution in [0, 0.1) is 17.5 Å². The molecule has 3 nitrogen and oxygen atoms in total. The normalized spacial score (nSPS) is 10.4. The molecule has 0 aliphatic heterocycles. The van der Waals surface area contributed by atoms with Gasteiger partial charge in [-0.15, -0.1) is 0 Å². The van der Waals surface area contributed by atoms with E-state index in [0.717, 1.165) is 18.2 Å². The van der Waals surface area contributed by atoms with Crippen molar-refractivity contribution < 1.29 is 13.2 Å². The van der Waals surface area contributed by atoms with Gasteiger partial charge >= 0.3 is 0 Å². The fraction of sp³-hybridized carbons (Fsp3) is 0. The second kappa shape index (κ2) is 3.80. The Morgan fingerprint density at radius 2 is 1.75 bits per heavy atom. The molecule has 0 saturated heterocycles. The minimum absolute atomic E-state index is 0.0241. The minimum Gasteiger partial charge on any atom is -0.268 e. The van der Waals surface area contributed by atoms with E-state index in [1.54, 1.807) is 0 Å². The van der Waals surface area contributed by atoms with Crippen LogP contribution in [0.1, 0.15) is 0 Å². The highest BCUT2D eigenvalue weighted by molar-refractivity contribution is 5.59. The van der Waals surface area contributed by atoms with Crippen LogP contribution in [-0.2, 0) is 0 Å². The van der Waals surface area contributed by atoms with E-state index in [1.165, 1.54) is 6.07 Å². The van der Waals surface area contributed by atoms with Gasteiger partial charge in [0, 0.05) is 11.6 Å². The standard InChI is InChI=1S/C10H5F3N2O/c11-6-2-1-5(9(12)10(6)13)7-3-4-8(16)15-14-7/h1-4H,(H,15,16). The molecule has 6 heteroatoms. The summed E-state index contributed by atoms with van der Waals surface area (Å²) < 4.78 is 38.9. The highest BCUT2D eigenvalue weighted by Gasteiger charge is 2.15. The molecule has 0 unspecified atom stereocenters. The maximum Gasteiger partial charge on any atom is 0.264 e. The van der Waals surface area contributed by atoms with Crippen molar-refractivity contribution in [2.75, 3.05) is 0 Å². The van der Waals surface area contributed by atoms with Crippen LogP contribution >= 0.6 is 0 Å². The van der Waals surface area contributed by atoms with Crippen molar-refractivity contribution >= 4 is 0 Å². The Hall–Kier alpha value is -2.11. The van der Waals surface area contributed by atoms with E-state index in [-0.39, 0.29) is 11.3 Å². The van der Waals surface area contributed by atoms with Gasteiger partial charge in [0.25, 0.3) is 5.56 Å². The first-order chi connectivity index (χ1) is 7.59. The van der Waals surface area contributed by atoms with Crippen molar-refractivity contribution in [3.63, 3.8) is 0 Å². The molecule has 1 aromatic heterocycles. The van der Waals surface area contributed by atoms with Gasteiger partial charge in [-0.3, -0.25) is 4.79 Å². The molecule has 0 saturated carbocycles. The molecule has 0 amide bonds. The fourth-order valence-electron chi connectivity index (χ4n) is 1.22. The highest BCUT2D eigenvalue weighted by atomic mass is 19.2. The minimum atomic E-state index is -1.56. The molecule has 0 aliphatic carbocycles. The van der Waals surface area contributed by atoms with Gasteiger partial charge in [-0.25, -0.2) is 18.3 Å². The van der Waals surface area contributed by atoms with Crippen molar-refractivity contribution in [2.45, 2.75) is 0 Å². The molecule has 2 rings (SSSR count). The Kier molecular flexibility index (Phi) is 2.47. The molecule has 0 spiro atoms. The predicted octanol–water partition coefficient (Wildman–Crippen LogP) is 1.85. The fourth-order valence-corrected chi connectivity index (χ4v) is 1.22. The number of aromatic amines is 1. The molecule has 1 N–H and O–H groups in total. The number of nitrogens with one attached hydrogen (secondary N) is 1. The second-order valence-electron chi connectivity index (χ2n) is 3.03. The zero-order valence-corrected chi connectivity index (χ0v) is 7.80. The van der Waals surface area contributed by atoms with E-state index in [9.17, 15) is 18.0 Å². The number of hydrogen-bond acceptors (Lipinski definition) is 2. The summed E-state index contributed by atoms with van der Waals surface area (Å²) in [7, 11) is 0. The summed E-state index contributed by atoms with van der Waals surface area (Å²) in [4.78, 5) is 10.7. The molecular formula is C10H5F3N2O. The van der Waals surface area contributed by atoms with Gasteiger partial charge in [0.1, 0.15) is 0 Å². The number of nitrogens with zero attached hydrogens (tertiary/aromatic N) is 1. The van der Waals surface area contributed by atoms with E-state index in [1.807, 2.05) is 0 Å². The van der Waals surface area contributed by atoms with Gasteiger partial charge < -0.3 is 0 Å². The lowest BCUT2D eigenvalue weighted by Gasteiger charge is -2.02. The summed E-state index contributed by atoms with van der Waals surface area (Å²) in [6.07, 6.45) is 0. The zero-order chi connectivity index (χ0) is 11.7. The molecule has 2 aromatic rings. The zero-order valence-electron chi connectivity index (χ0n) is 7.80. The second-order valence-corrected chi connectivity index (χ2v) is 3.03. The molecule has 16 heavy (non-hydrogen) atoms. The average molecular weight is 226 g/mol. The third-order valence-corrected chi connectivity index (χ3v) is 1.99. The number of hydrogen-bond donors (Lipinski definition) is 1. The van der Waals surface area contributed by atoms with Crippen molar-refractivity contribution in [2.24, 2.45) is 0 Å². The van der Waals surface area contributed by atoms with E-state index in [4.69, 9.17) is 0 Å². The quantitative estimate of drug-likeness (QED) is 0.754. The number of H-pyrrole nitrogens is 1. The van der Waals surface area contributed by atoms with Gasteiger partial charge in [0.05, 0.1) is 5.69 Å². The van der Waals surface area contributed by atoms with E-state index >= 15 is 0 Å². The van der Waals surface area contributed by atoms with Gasteiger partial charge in [-0.2, -0.15) is 5.10 Å². The van der Waals surface area contributed by atoms with Crippen molar-refractivity contribution in [3.8, 4) is 11.3 Å². The molecular weight excluding hydrogens is 221 g/mol. The summed E-state index contributed by atoms with van der Waals surface area (Å²) in [5, 5.41) is 5.58. The lowest BCUT2D eigenvalue weighted by atomic mass is 10.1. The SMILES string of the molecule is O=c1ccc(-c2ccc(F)c(F)c2F)n[nH]1. The van der Waals surface area contributed by atoms with Crippen LogP contribution in [0.3, 0.4) is 0 Å². The summed E-state index contributed by atoms with van der Waals surface area (Å²) in [6.45, 7) is 0. The van der Waals surface area contributed by atoms with Crippen LogP contribution in [0.2, 0.25) is 0 Å². The lowest BCUT2D eigenvalue weighted by Crippen LogP contribution is -2.06. The third kappa shape index (κ3) is 1.69. The molecule has 0 aliphatic rings. The van der Waals surface area contributed by atoms with Crippen LogP contribution in [0.4, 0.5) is 13.2 Å². The summed E-state index contributed by atoms with van der Waals surface area (Å²) in [5.41, 5.74) is -0.655. The summed E-state index contributed by atoms with van der Waals surface area (Å²) in [6, 6.07) is 4.17. The van der Waals surface area contributed by atoms with Crippen LogP contribution in [0.25, 0.3) is 11.3 Å². The smallest absolute Gasteiger partial charge is 0.264 e. The van der Waals surface area contributed by atoms with Gasteiger partial charge in [-0.05, 0) is 18.2 Å². The summed E-state index contributed by atoms with van der Waals surface area (Å²) in [5.74, 6) is -4.17. The first-order valence-corrected chi connectivity index (χ1v) is 4.29. The molecule has 0 fully saturated rings. The van der Waals surface area contributed by atoms with E-state index < -0.39 is 23.0 Å². The van der Waals surface area contributed by atoms with Crippen molar-refractivity contribution in [3.05, 3.63) is 52.1 Å². The van der Waals surface area contributed by atoms with Gasteiger partial charge in [-0.1, -0.05) is 0 Å². The number of halogens is 3. The number of aromatic nitrogens is 2. The largest absolute Gasteiger partial charge is 0.268 e. The Morgan fingerprint density at radius 3 is 2.38 bits per heavy atom. The van der Waals surface area contributed by atoms with Crippen LogP contribution in [-0.4, -0.2) is 10.2 Å². The Labute approximate surface area is 87.6 Å². The topological polar surface area (TPSA) is 45.8 Å². The lowest BCUT2D eigenvalue weighted by molar-refractivity contribution is 0.448. The van der Waals surface area contributed by atoms with Gasteiger partial charge in [0.2, 0.25) is 0 Å². The van der Waals surface area contributed by atoms with E-state index in [2.05, 4.69) is 10.2 Å². The van der Waals surface area contributed by atoms with Crippen LogP contribution in [0.5, 0.6) is 0 Å².